The lowest BCUT2D eigenvalue weighted by molar-refractivity contribution is 0.232. The summed E-state index contributed by atoms with van der Waals surface area (Å²) in [5.74, 6) is 1.61. The maximum Gasteiger partial charge on any atom is 0.315 e. The third-order valence-corrected chi connectivity index (χ3v) is 4.64. The number of nitrogens with one attached hydrogen (secondary N) is 2. The number of amides is 2. The van der Waals surface area contributed by atoms with Crippen molar-refractivity contribution in [1.29, 1.82) is 0 Å². The first kappa shape index (κ1) is 15.9. The van der Waals surface area contributed by atoms with Crippen LogP contribution in [0.4, 0.5) is 4.79 Å². The zero-order valence-electron chi connectivity index (χ0n) is 13.4. The van der Waals surface area contributed by atoms with Crippen molar-refractivity contribution >= 4 is 17.8 Å². The highest BCUT2D eigenvalue weighted by molar-refractivity contribution is 7.98. The molecule has 0 radical (unpaired) electrons. The van der Waals surface area contributed by atoms with Crippen LogP contribution >= 0.6 is 11.8 Å². The molecule has 0 spiro atoms. The molecule has 2 N–H and O–H groups in total. The van der Waals surface area contributed by atoms with Gasteiger partial charge in [-0.2, -0.15) is 5.10 Å². The van der Waals surface area contributed by atoms with Gasteiger partial charge in [-0.15, -0.1) is 11.8 Å². The van der Waals surface area contributed by atoms with Gasteiger partial charge in [0.1, 0.15) is 11.6 Å². The number of benzene rings is 1. The van der Waals surface area contributed by atoms with E-state index in [1.165, 1.54) is 4.90 Å². The van der Waals surface area contributed by atoms with E-state index < -0.39 is 0 Å². The van der Waals surface area contributed by atoms with E-state index in [1.807, 2.05) is 30.0 Å². The Balaban J connectivity index is 1.55. The summed E-state index contributed by atoms with van der Waals surface area (Å²) in [6, 6.07) is 7.96. The van der Waals surface area contributed by atoms with E-state index in [4.69, 9.17) is 0 Å². The van der Waals surface area contributed by atoms with Crippen LogP contribution in [0.15, 0.2) is 29.2 Å². The van der Waals surface area contributed by atoms with E-state index in [0.717, 1.165) is 36.6 Å². The highest BCUT2D eigenvalue weighted by Crippen LogP contribution is 2.22. The average Bonchev–Trinajstić information content (AvgIpc) is 2.95. The number of aromatic nitrogens is 3. The second-order valence-corrected chi connectivity index (χ2v) is 6.49. The number of nitrogens with zero attached hydrogens (tertiary/aromatic N) is 3. The molecule has 2 amide bonds. The molecular formula is C16H21N5OS. The molecule has 0 saturated carbocycles. The van der Waals surface area contributed by atoms with Gasteiger partial charge in [0.15, 0.2) is 0 Å². The summed E-state index contributed by atoms with van der Waals surface area (Å²) in [7, 11) is 0. The lowest BCUT2D eigenvalue weighted by Crippen LogP contribution is -2.39. The standard InChI is InChI=1S/C16H21N5OS/c1-11-18-15-14(4-3-9-21(15)20-11)19-16(22)17-10-12-5-7-13(23-2)8-6-12/h5-8,14H,3-4,9-10H2,1-2H3,(H2,17,19,22)/t14-/m0/s1. The fourth-order valence-corrected chi connectivity index (χ4v) is 3.15. The summed E-state index contributed by atoms with van der Waals surface area (Å²) in [6.07, 6.45) is 3.94. The minimum absolute atomic E-state index is 0.0659. The summed E-state index contributed by atoms with van der Waals surface area (Å²) in [6.45, 7) is 3.26. The molecular weight excluding hydrogens is 310 g/mol. The van der Waals surface area contributed by atoms with Gasteiger partial charge in [-0.1, -0.05) is 12.1 Å². The van der Waals surface area contributed by atoms with Crippen molar-refractivity contribution < 1.29 is 4.79 Å². The van der Waals surface area contributed by atoms with Crippen molar-refractivity contribution in [1.82, 2.24) is 25.4 Å². The van der Waals surface area contributed by atoms with Gasteiger partial charge in [-0.05, 0) is 43.7 Å². The molecule has 0 unspecified atom stereocenters. The first-order valence-corrected chi connectivity index (χ1v) is 8.97. The zero-order chi connectivity index (χ0) is 16.2. The van der Waals surface area contributed by atoms with Gasteiger partial charge < -0.3 is 10.6 Å². The van der Waals surface area contributed by atoms with Crippen LogP contribution in [0.2, 0.25) is 0 Å². The van der Waals surface area contributed by atoms with Gasteiger partial charge >= 0.3 is 6.03 Å². The van der Waals surface area contributed by atoms with Crippen LogP contribution in [-0.2, 0) is 13.1 Å². The number of carbonyl (C=O) groups excluding carboxylic acids is 1. The van der Waals surface area contributed by atoms with E-state index in [9.17, 15) is 4.79 Å². The number of aryl methyl sites for hydroxylation is 2. The molecule has 0 fully saturated rings. The van der Waals surface area contributed by atoms with Crippen molar-refractivity contribution in [3.05, 3.63) is 41.5 Å². The number of rotatable bonds is 4. The molecule has 0 aliphatic carbocycles. The molecule has 7 heteroatoms. The Kier molecular flexibility index (Phi) is 4.85. The Morgan fingerprint density at radius 3 is 2.91 bits per heavy atom. The van der Waals surface area contributed by atoms with Crippen molar-refractivity contribution in [3.63, 3.8) is 0 Å². The molecule has 1 aliphatic heterocycles. The topological polar surface area (TPSA) is 71.8 Å². The summed E-state index contributed by atoms with van der Waals surface area (Å²) >= 11 is 1.71. The van der Waals surface area contributed by atoms with Gasteiger partial charge in [-0.25, -0.2) is 14.5 Å². The first-order chi connectivity index (χ1) is 11.2. The Morgan fingerprint density at radius 1 is 1.39 bits per heavy atom. The summed E-state index contributed by atoms with van der Waals surface area (Å²) in [5, 5.41) is 10.3. The Bertz CT molecular complexity index is 682. The third kappa shape index (κ3) is 3.85. The normalized spacial score (nSPS) is 16.7. The van der Waals surface area contributed by atoms with E-state index in [1.54, 1.807) is 11.8 Å². The summed E-state index contributed by atoms with van der Waals surface area (Å²) in [5.41, 5.74) is 1.08. The molecule has 6 nitrogen and oxygen atoms in total. The van der Waals surface area contributed by atoms with Crippen molar-refractivity contribution in [3.8, 4) is 0 Å². The zero-order valence-corrected chi connectivity index (χ0v) is 14.2. The molecule has 3 rings (SSSR count). The van der Waals surface area contributed by atoms with Crippen molar-refractivity contribution in [2.45, 2.75) is 43.8 Å². The number of hydrogen-bond donors (Lipinski definition) is 2. The number of hydrogen-bond acceptors (Lipinski definition) is 4. The largest absolute Gasteiger partial charge is 0.334 e. The fraction of sp³-hybridized carbons (Fsp3) is 0.438. The molecule has 1 aromatic heterocycles. The van der Waals surface area contributed by atoms with Crippen LogP contribution in [0.1, 0.15) is 36.1 Å². The number of carbonyl (C=O) groups is 1. The monoisotopic (exact) mass is 331 g/mol. The van der Waals surface area contributed by atoms with Crippen molar-refractivity contribution in [2.24, 2.45) is 0 Å². The predicted octanol–water partition coefficient (Wildman–Crippen LogP) is 2.64. The van der Waals surface area contributed by atoms with E-state index >= 15 is 0 Å². The average molecular weight is 331 g/mol. The second kappa shape index (κ2) is 7.04. The molecule has 0 bridgehead atoms. The second-order valence-electron chi connectivity index (χ2n) is 5.61. The molecule has 122 valence electrons. The first-order valence-electron chi connectivity index (χ1n) is 7.74. The number of thioether (sulfide) groups is 1. The maximum absolute atomic E-state index is 12.1. The highest BCUT2D eigenvalue weighted by Gasteiger charge is 2.24. The smallest absolute Gasteiger partial charge is 0.315 e. The predicted molar refractivity (Wildman–Crippen MR) is 90.3 cm³/mol. The van der Waals surface area contributed by atoms with E-state index in [-0.39, 0.29) is 12.1 Å². The molecule has 2 heterocycles. The molecule has 2 aromatic rings. The van der Waals surface area contributed by atoms with Crippen LogP contribution in [0.25, 0.3) is 0 Å². The summed E-state index contributed by atoms with van der Waals surface area (Å²) < 4.78 is 1.89. The van der Waals surface area contributed by atoms with E-state index in [2.05, 4.69) is 32.8 Å². The summed E-state index contributed by atoms with van der Waals surface area (Å²) in [4.78, 5) is 17.8. The highest BCUT2D eigenvalue weighted by atomic mass is 32.2. The molecule has 1 atom stereocenters. The van der Waals surface area contributed by atoms with Gasteiger partial charge in [0, 0.05) is 18.0 Å². The minimum atomic E-state index is -0.168. The Hall–Kier alpha value is -2.02. The van der Waals surface area contributed by atoms with Gasteiger partial charge in [0.25, 0.3) is 0 Å². The van der Waals surface area contributed by atoms with Crippen LogP contribution in [0.3, 0.4) is 0 Å². The SMILES string of the molecule is CSc1ccc(CNC(=O)N[C@H]2CCCn3nc(C)nc32)cc1. The van der Waals surface area contributed by atoms with Crippen LogP contribution in [-0.4, -0.2) is 27.1 Å². The van der Waals surface area contributed by atoms with Crippen LogP contribution in [0.5, 0.6) is 0 Å². The Morgan fingerprint density at radius 2 is 2.17 bits per heavy atom. The van der Waals surface area contributed by atoms with Gasteiger partial charge in [0.2, 0.25) is 0 Å². The van der Waals surface area contributed by atoms with Crippen molar-refractivity contribution in [2.75, 3.05) is 6.26 Å². The van der Waals surface area contributed by atoms with Gasteiger partial charge in [0.05, 0.1) is 6.04 Å². The molecule has 23 heavy (non-hydrogen) atoms. The maximum atomic E-state index is 12.1. The fourth-order valence-electron chi connectivity index (χ4n) is 2.74. The Labute approximate surface area is 140 Å². The lowest BCUT2D eigenvalue weighted by Gasteiger charge is -2.23. The molecule has 0 saturated heterocycles. The number of fused-ring (bicyclic) bond motifs is 1. The lowest BCUT2D eigenvalue weighted by atomic mass is 10.1. The van der Waals surface area contributed by atoms with E-state index in [0.29, 0.717) is 6.54 Å². The number of urea groups is 1. The van der Waals surface area contributed by atoms with Gasteiger partial charge in [-0.3, -0.25) is 0 Å². The quantitative estimate of drug-likeness (QED) is 0.845. The van der Waals surface area contributed by atoms with Crippen LogP contribution < -0.4 is 10.6 Å². The molecule has 1 aromatic carbocycles. The third-order valence-electron chi connectivity index (χ3n) is 3.90. The van der Waals surface area contributed by atoms with Crippen LogP contribution in [0, 0.1) is 6.92 Å². The molecule has 1 aliphatic rings. The minimum Gasteiger partial charge on any atom is -0.334 e.